The number of ether oxygens (including phenoxy) is 4. The van der Waals surface area contributed by atoms with E-state index in [0.29, 0.717) is 61.3 Å². The highest BCUT2D eigenvalue weighted by Crippen LogP contribution is 2.29. The van der Waals surface area contributed by atoms with Gasteiger partial charge in [-0.05, 0) is 55.0 Å². The second-order valence-electron chi connectivity index (χ2n) is 8.99. The Balaban J connectivity index is 1.34. The van der Waals surface area contributed by atoms with E-state index in [0.717, 1.165) is 17.0 Å². The summed E-state index contributed by atoms with van der Waals surface area (Å²) in [6, 6.07) is 20.4. The largest absolute Gasteiger partial charge is 0.588 e. The number of amides is 1. The van der Waals surface area contributed by atoms with Crippen molar-refractivity contribution in [2.24, 2.45) is 0 Å². The normalized spacial score (nSPS) is 14.2. The van der Waals surface area contributed by atoms with Crippen molar-refractivity contribution in [1.82, 2.24) is 4.90 Å². The standard InChI is InChI=1S/C29H35N3O6S/c1-22-8-13-25(39(34)30-23-9-11-24(12-10-23)38-21-37-19-18-35-2)20-26(22)29(33)32-16-14-31(15-17-32)27-6-4-5-7-28(27)36-3/h4-13,20,30H,14-19,21H2,1-3H3. The van der Waals surface area contributed by atoms with Gasteiger partial charge >= 0.3 is 0 Å². The Bertz CT molecular complexity index is 1220. The third kappa shape index (κ3) is 7.57. The zero-order valence-corrected chi connectivity index (χ0v) is 23.4. The van der Waals surface area contributed by atoms with E-state index >= 15 is 0 Å². The second-order valence-corrected chi connectivity index (χ2v) is 10.2. The average Bonchev–Trinajstić information content (AvgIpc) is 2.98. The maximum atomic E-state index is 13.4. The Hall–Kier alpha value is -3.44. The van der Waals surface area contributed by atoms with Crippen LogP contribution in [-0.4, -0.2) is 75.8 Å². The number of methoxy groups -OCH3 is 2. The SMILES string of the molecule is COCCOCOc1ccc(N[S+]([O-])c2ccc(C)c(C(=O)N3CCN(c4ccccc4OC)CC3)c2)cc1. The maximum absolute atomic E-state index is 13.4. The average molecular weight is 554 g/mol. The fraction of sp³-hybridized carbons (Fsp3) is 0.345. The molecule has 1 N–H and O–H groups in total. The first-order valence-electron chi connectivity index (χ1n) is 12.8. The smallest absolute Gasteiger partial charge is 0.254 e. The molecular weight excluding hydrogens is 518 g/mol. The summed E-state index contributed by atoms with van der Waals surface area (Å²) in [5.74, 6) is 1.41. The molecule has 1 aliphatic heterocycles. The van der Waals surface area contributed by atoms with Crippen LogP contribution >= 0.6 is 0 Å². The molecule has 1 unspecified atom stereocenters. The maximum Gasteiger partial charge on any atom is 0.254 e. The molecular formula is C29H35N3O6S. The van der Waals surface area contributed by atoms with Crippen molar-refractivity contribution >= 4 is 28.6 Å². The molecule has 3 aromatic carbocycles. The summed E-state index contributed by atoms with van der Waals surface area (Å²) in [5, 5.41) is 0. The monoisotopic (exact) mass is 553 g/mol. The van der Waals surface area contributed by atoms with Crippen LogP contribution in [0.15, 0.2) is 71.6 Å². The Morgan fingerprint density at radius 2 is 1.72 bits per heavy atom. The molecule has 1 saturated heterocycles. The van der Waals surface area contributed by atoms with Gasteiger partial charge in [-0.3, -0.25) is 4.79 Å². The molecule has 0 aromatic heterocycles. The molecule has 0 spiro atoms. The van der Waals surface area contributed by atoms with Crippen molar-refractivity contribution in [2.45, 2.75) is 11.8 Å². The zero-order chi connectivity index (χ0) is 27.6. The molecule has 10 heteroatoms. The van der Waals surface area contributed by atoms with Gasteiger partial charge in [0.25, 0.3) is 5.91 Å². The Morgan fingerprint density at radius 1 is 0.974 bits per heavy atom. The highest BCUT2D eigenvalue weighted by molar-refractivity contribution is 7.92. The van der Waals surface area contributed by atoms with E-state index in [2.05, 4.69) is 9.62 Å². The first-order chi connectivity index (χ1) is 19.0. The molecule has 9 nitrogen and oxygen atoms in total. The summed E-state index contributed by atoms with van der Waals surface area (Å²) in [4.78, 5) is 18.1. The van der Waals surface area contributed by atoms with Gasteiger partial charge in [0.15, 0.2) is 11.7 Å². The molecule has 1 heterocycles. The molecule has 4 rings (SSSR count). The Labute approximate surface area is 232 Å². The van der Waals surface area contributed by atoms with Gasteiger partial charge in [-0.1, -0.05) is 18.2 Å². The van der Waals surface area contributed by atoms with Crippen LogP contribution in [0.1, 0.15) is 15.9 Å². The lowest BCUT2D eigenvalue weighted by molar-refractivity contribution is -0.00846. The number of para-hydroxylation sites is 2. The molecule has 0 radical (unpaired) electrons. The minimum absolute atomic E-state index is 0.0553. The minimum atomic E-state index is -1.55. The number of piperazine rings is 1. The third-order valence-corrected chi connectivity index (χ3v) is 7.56. The number of nitrogens with one attached hydrogen (secondary N) is 1. The van der Waals surface area contributed by atoms with Crippen LogP contribution in [-0.2, 0) is 20.8 Å². The number of hydrogen-bond donors (Lipinski definition) is 1. The summed E-state index contributed by atoms with van der Waals surface area (Å²) >= 11 is -1.55. The van der Waals surface area contributed by atoms with E-state index in [1.54, 1.807) is 50.6 Å². The fourth-order valence-corrected chi connectivity index (χ4v) is 5.14. The van der Waals surface area contributed by atoms with Crippen molar-refractivity contribution in [2.75, 3.05) is 70.0 Å². The van der Waals surface area contributed by atoms with Gasteiger partial charge in [0.2, 0.25) is 0 Å². The molecule has 0 saturated carbocycles. The number of hydrogen-bond acceptors (Lipinski definition) is 8. The lowest BCUT2D eigenvalue weighted by Crippen LogP contribution is -2.49. The van der Waals surface area contributed by atoms with Gasteiger partial charge in [-0.2, -0.15) is 0 Å². The molecule has 1 atom stereocenters. The van der Waals surface area contributed by atoms with Gasteiger partial charge in [0.05, 0.1) is 31.7 Å². The molecule has 1 amide bonds. The van der Waals surface area contributed by atoms with E-state index in [9.17, 15) is 9.35 Å². The first kappa shape index (κ1) is 28.6. The van der Waals surface area contributed by atoms with Crippen LogP contribution in [0.2, 0.25) is 0 Å². The zero-order valence-electron chi connectivity index (χ0n) is 22.6. The topological polar surface area (TPSA) is 95.6 Å². The van der Waals surface area contributed by atoms with Gasteiger partial charge in [-0.25, -0.2) is 4.72 Å². The number of carbonyl (C=O) groups is 1. The van der Waals surface area contributed by atoms with E-state index in [1.165, 1.54) is 0 Å². The van der Waals surface area contributed by atoms with Crippen molar-refractivity contribution in [3.05, 3.63) is 77.9 Å². The summed E-state index contributed by atoms with van der Waals surface area (Å²) in [6.45, 7) is 5.57. The van der Waals surface area contributed by atoms with Crippen LogP contribution < -0.4 is 19.1 Å². The van der Waals surface area contributed by atoms with E-state index < -0.39 is 11.4 Å². The summed E-state index contributed by atoms with van der Waals surface area (Å²) in [6.07, 6.45) is 0. The van der Waals surface area contributed by atoms with E-state index in [-0.39, 0.29) is 12.7 Å². The predicted octanol–water partition coefficient (Wildman–Crippen LogP) is 4.10. The highest BCUT2D eigenvalue weighted by Gasteiger charge is 2.26. The third-order valence-electron chi connectivity index (χ3n) is 6.45. The van der Waals surface area contributed by atoms with Crippen LogP contribution in [0.3, 0.4) is 0 Å². The van der Waals surface area contributed by atoms with Crippen LogP contribution in [0, 0.1) is 6.92 Å². The van der Waals surface area contributed by atoms with E-state index in [4.69, 9.17) is 18.9 Å². The minimum Gasteiger partial charge on any atom is -0.588 e. The lowest BCUT2D eigenvalue weighted by Gasteiger charge is -2.36. The molecule has 0 bridgehead atoms. The highest BCUT2D eigenvalue weighted by atomic mass is 32.2. The summed E-state index contributed by atoms with van der Waals surface area (Å²) in [5.41, 5.74) is 3.11. The second kappa shape index (κ2) is 14.1. The number of rotatable bonds is 12. The van der Waals surface area contributed by atoms with Crippen molar-refractivity contribution in [3.8, 4) is 11.5 Å². The molecule has 1 fully saturated rings. The van der Waals surface area contributed by atoms with Crippen LogP contribution in [0.4, 0.5) is 11.4 Å². The van der Waals surface area contributed by atoms with Gasteiger partial charge < -0.3 is 33.3 Å². The van der Waals surface area contributed by atoms with Crippen LogP contribution in [0.5, 0.6) is 11.5 Å². The summed E-state index contributed by atoms with van der Waals surface area (Å²) in [7, 11) is 3.28. The van der Waals surface area contributed by atoms with Gasteiger partial charge in [0, 0.05) is 44.9 Å². The molecule has 39 heavy (non-hydrogen) atoms. The Morgan fingerprint density at radius 3 is 2.44 bits per heavy atom. The molecule has 208 valence electrons. The molecule has 1 aliphatic rings. The summed E-state index contributed by atoms with van der Waals surface area (Å²) < 4.78 is 37.3. The van der Waals surface area contributed by atoms with Crippen molar-refractivity contribution < 1.29 is 28.3 Å². The predicted molar refractivity (Wildman–Crippen MR) is 152 cm³/mol. The van der Waals surface area contributed by atoms with Gasteiger partial charge in [0.1, 0.15) is 22.9 Å². The van der Waals surface area contributed by atoms with Gasteiger partial charge in [-0.15, -0.1) is 0 Å². The Kier molecular flexibility index (Phi) is 10.3. The lowest BCUT2D eigenvalue weighted by atomic mass is 10.1. The van der Waals surface area contributed by atoms with E-state index in [1.807, 2.05) is 42.2 Å². The number of aryl methyl sites for hydroxylation is 1. The first-order valence-corrected chi connectivity index (χ1v) is 13.9. The van der Waals surface area contributed by atoms with Crippen molar-refractivity contribution in [1.29, 1.82) is 0 Å². The number of nitrogens with zero attached hydrogens (tertiary/aromatic N) is 2. The quantitative estimate of drug-likeness (QED) is 0.204. The number of carbonyl (C=O) groups excluding carboxylic acids is 1. The number of anilines is 2. The molecule has 0 aliphatic carbocycles. The molecule has 3 aromatic rings. The number of benzene rings is 3. The van der Waals surface area contributed by atoms with Crippen LogP contribution in [0.25, 0.3) is 0 Å². The van der Waals surface area contributed by atoms with Crippen molar-refractivity contribution in [3.63, 3.8) is 0 Å². The fourth-order valence-electron chi connectivity index (χ4n) is 4.25.